The van der Waals surface area contributed by atoms with Crippen LogP contribution in [0.4, 0.5) is 0 Å². The van der Waals surface area contributed by atoms with Crippen LogP contribution in [0.2, 0.25) is 0 Å². The first-order valence-electron chi connectivity index (χ1n) is 8.13. The molecule has 0 saturated heterocycles. The lowest BCUT2D eigenvalue weighted by Crippen LogP contribution is -2.10. The van der Waals surface area contributed by atoms with E-state index in [2.05, 4.69) is 0 Å². The lowest BCUT2D eigenvalue weighted by Gasteiger charge is -2.17. The quantitative estimate of drug-likeness (QED) is 0.757. The van der Waals surface area contributed by atoms with Crippen molar-refractivity contribution in [1.82, 2.24) is 0 Å². The van der Waals surface area contributed by atoms with Gasteiger partial charge in [0.05, 0.1) is 13.7 Å². The standard InChI is InChI=1S/C20H20O4/c1-23-17-6-2-4-15(12-17)18(21)9-10-19(22)16-8-7-14-5-3-11-24-20(14)13-16/h2,4,6-8,12-13H,3,5,9-11H2,1H3. The predicted molar refractivity (Wildman–Crippen MR) is 91.1 cm³/mol. The van der Waals surface area contributed by atoms with Gasteiger partial charge in [0.1, 0.15) is 11.5 Å². The van der Waals surface area contributed by atoms with Gasteiger partial charge in [-0.15, -0.1) is 0 Å². The van der Waals surface area contributed by atoms with Gasteiger partial charge in [-0.1, -0.05) is 24.3 Å². The lowest BCUT2D eigenvalue weighted by molar-refractivity contribution is 0.0917. The van der Waals surface area contributed by atoms with E-state index in [0.717, 1.165) is 24.2 Å². The van der Waals surface area contributed by atoms with Gasteiger partial charge in [0.25, 0.3) is 0 Å². The second-order valence-electron chi connectivity index (χ2n) is 5.85. The van der Waals surface area contributed by atoms with Crippen LogP contribution in [-0.4, -0.2) is 25.3 Å². The van der Waals surface area contributed by atoms with E-state index in [0.29, 0.717) is 23.5 Å². The van der Waals surface area contributed by atoms with Gasteiger partial charge < -0.3 is 9.47 Å². The molecule has 0 atom stereocenters. The summed E-state index contributed by atoms with van der Waals surface area (Å²) in [5, 5.41) is 0. The van der Waals surface area contributed by atoms with Crippen molar-refractivity contribution in [2.75, 3.05) is 13.7 Å². The monoisotopic (exact) mass is 324 g/mol. The van der Waals surface area contributed by atoms with Crippen LogP contribution in [0, 0.1) is 0 Å². The molecule has 4 nitrogen and oxygen atoms in total. The summed E-state index contributed by atoms with van der Waals surface area (Å²) in [5.41, 5.74) is 2.32. The Labute approximate surface area is 141 Å². The second kappa shape index (κ2) is 7.30. The van der Waals surface area contributed by atoms with Gasteiger partial charge in [0.15, 0.2) is 11.6 Å². The molecule has 0 aliphatic carbocycles. The van der Waals surface area contributed by atoms with Gasteiger partial charge in [0, 0.05) is 24.0 Å². The first-order valence-corrected chi connectivity index (χ1v) is 8.13. The molecule has 124 valence electrons. The SMILES string of the molecule is COc1cccc(C(=O)CCC(=O)c2ccc3c(c2)OCCC3)c1. The molecular weight excluding hydrogens is 304 g/mol. The topological polar surface area (TPSA) is 52.6 Å². The number of ketones is 2. The highest BCUT2D eigenvalue weighted by molar-refractivity contribution is 6.02. The second-order valence-corrected chi connectivity index (χ2v) is 5.85. The van der Waals surface area contributed by atoms with E-state index in [4.69, 9.17) is 9.47 Å². The molecule has 0 radical (unpaired) electrons. The Morgan fingerprint density at radius 3 is 2.54 bits per heavy atom. The summed E-state index contributed by atoms with van der Waals surface area (Å²) < 4.78 is 10.7. The number of carbonyl (C=O) groups is 2. The molecule has 0 N–H and O–H groups in total. The minimum atomic E-state index is -0.0588. The molecule has 0 amide bonds. The zero-order valence-corrected chi connectivity index (χ0v) is 13.7. The maximum Gasteiger partial charge on any atom is 0.163 e. The van der Waals surface area contributed by atoms with Gasteiger partial charge in [-0.05, 0) is 36.6 Å². The van der Waals surface area contributed by atoms with E-state index >= 15 is 0 Å². The van der Waals surface area contributed by atoms with Crippen molar-refractivity contribution in [2.24, 2.45) is 0 Å². The van der Waals surface area contributed by atoms with E-state index in [-0.39, 0.29) is 24.4 Å². The molecule has 1 aliphatic rings. The van der Waals surface area contributed by atoms with Gasteiger partial charge in [-0.25, -0.2) is 0 Å². The zero-order chi connectivity index (χ0) is 16.9. The van der Waals surface area contributed by atoms with Crippen LogP contribution >= 0.6 is 0 Å². The number of Topliss-reactive ketones (excluding diaryl/α,β-unsaturated/α-hetero) is 2. The Hall–Kier alpha value is -2.62. The third-order valence-corrected chi connectivity index (χ3v) is 4.21. The minimum Gasteiger partial charge on any atom is -0.497 e. The average Bonchev–Trinajstić information content (AvgIpc) is 2.65. The van der Waals surface area contributed by atoms with Crippen molar-refractivity contribution in [2.45, 2.75) is 25.7 Å². The van der Waals surface area contributed by atoms with E-state index < -0.39 is 0 Å². The fraction of sp³-hybridized carbons (Fsp3) is 0.300. The minimum absolute atomic E-state index is 0.0387. The molecule has 4 heteroatoms. The molecule has 0 spiro atoms. The van der Waals surface area contributed by atoms with E-state index in [1.165, 1.54) is 0 Å². The van der Waals surface area contributed by atoms with Crippen LogP contribution in [0.3, 0.4) is 0 Å². The van der Waals surface area contributed by atoms with Crippen molar-refractivity contribution in [3.8, 4) is 11.5 Å². The number of methoxy groups -OCH3 is 1. The normalized spacial score (nSPS) is 12.9. The molecule has 0 bridgehead atoms. The molecule has 1 aliphatic heterocycles. The van der Waals surface area contributed by atoms with Crippen molar-refractivity contribution >= 4 is 11.6 Å². The molecule has 0 aromatic heterocycles. The summed E-state index contributed by atoms with van der Waals surface area (Å²) in [6.45, 7) is 0.693. The first kappa shape index (κ1) is 16.2. The number of hydrogen-bond acceptors (Lipinski definition) is 4. The number of hydrogen-bond donors (Lipinski definition) is 0. The molecule has 0 saturated carbocycles. The maximum absolute atomic E-state index is 12.4. The number of ether oxygens (including phenoxy) is 2. The molecular formula is C20H20O4. The fourth-order valence-corrected chi connectivity index (χ4v) is 2.83. The van der Waals surface area contributed by atoms with Crippen molar-refractivity contribution in [1.29, 1.82) is 0 Å². The van der Waals surface area contributed by atoms with E-state index in [1.54, 1.807) is 37.4 Å². The number of benzene rings is 2. The van der Waals surface area contributed by atoms with Gasteiger partial charge in [-0.2, -0.15) is 0 Å². The Morgan fingerprint density at radius 2 is 1.79 bits per heavy atom. The third kappa shape index (κ3) is 3.65. The summed E-state index contributed by atoms with van der Waals surface area (Å²) in [7, 11) is 1.56. The Morgan fingerprint density at radius 1 is 1.04 bits per heavy atom. The molecule has 0 unspecified atom stereocenters. The van der Waals surface area contributed by atoms with Crippen molar-refractivity contribution in [3.05, 3.63) is 59.2 Å². The summed E-state index contributed by atoms with van der Waals surface area (Å²) in [6, 6.07) is 12.6. The zero-order valence-electron chi connectivity index (χ0n) is 13.7. The Bertz CT molecular complexity index is 764. The number of rotatable bonds is 6. The summed E-state index contributed by atoms with van der Waals surface area (Å²) in [4.78, 5) is 24.6. The van der Waals surface area contributed by atoms with E-state index in [9.17, 15) is 9.59 Å². The van der Waals surface area contributed by atoms with E-state index in [1.807, 2.05) is 12.1 Å². The smallest absolute Gasteiger partial charge is 0.163 e. The largest absolute Gasteiger partial charge is 0.497 e. The maximum atomic E-state index is 12.4. The fourth-order valence-electron chi connectivity index (χ4n) is 2.83. The molecule has 1 heterocycles. The summed E-state index contributed by atoms with van der Waals surface area (Å²) in [6.07, 6.45) is 2.37. The highest BCUT2D eigenvalue weighted by Gasteiger charge is 2.15. The van der Waals surface area contributed by atoms with Crippen molar-refractivity contribution in [3.63, 3.8) is 0 Å². The van der Waals surface area contributed by atoms with Crippen LogP contribution in [0.15, 0.2) is 42.5 Å². The van der Waals surface area contributed by atoms with Crippen LogP contribution in [0.25, 0.3) is 0 Å². The van der Waals surface area contributed by atoms with Crippen LogP contribution in [0.5, 0.6) is 11.5 Å². The predicted octanol–water partition coefficient (Wildman–Crippen LogP) is 3.87. The first-order chi connectivity index (χ1) is 11.7. The molecule has 2 aromatic carbocycles. The Balaban J connectivity index is 1.63. The molecule has 24 heavy (non-hydrogen) atoms. The lowest BCUT2D eigenvalue weighted by atomic mass is 9.98. The number of carbonyl (C=O) groups excluding carboxylic acids is 2. The number of aryl methyl sites for hydroxylation is 1. The van der Waals surface area contributed by atoms with Crippen LogP contribution in [-0.2, 0) is 6.42 Å². The Kier molecular flexibility index (Phi) is 4.94. The van der Waals surface area contributed by atoms with Gasteiger partial charge in [0.2, 0.25) is 0 Å². The molecule has 3 rings (SSSR count). The number of fused-ring (bicyclic) bond motifs is 1. The highest BCUT2D eigenvalue weighted by atomic mass is 16.5. The summed E-state index contributed by atoms with van der Waals surface area (Å²) in [5.74, 6) is 1.34. The third-order valence-electron chi connectivity index (χ3n) is 4.21. The summed E-state index contributed by atoms with van der Waals surface area (Å²) >= 11 is 0. The van der Waals surface area contributed by atoms with Gasteiger partial charge >= 0.3 is 0 Å². The van der Waals surface area contributed by atoms with Gasteiger partial charge in [-0.3, -0.25) is 9.59 Å². The van der Waals surface area contributed by atoms with Crippen LogP contribution < -0.4 is 9.47 Å². The van der Waals surface area contributed by atoms with Crippen LogP contribution in [0.1, 0.15) is 45.5 Å². The molecule has 0 fully saturated rings. The molecule has 2 aromatic rings. The highest BCUT2D eigenvalue weighted by Crippen LogP contribution is 2.26. The average molecular weight is 324 g/mol. The van der Waals surface area contributed by atoms with Crippen molar-refractivity contribution < 1.29 is 19.1 Å².